The SMILES string of the molecule is NC(=O)c1ccc(-c2ccccc2Oc2ccc(O)cc2)cc1NC1CCCCC1. The second-order valence-electron chi connectivity index (χ2n) is 7.70. The highest BCUT2D eigenvalue weighted by molar-refractivity contribution is 5.99. The quantitative estimate of drug-likeness (QED) is 0.494. The molecule has 1 fully saturated rings. The van der Waals surface area contributed by atoms with Crippen LogP contribution in [0.5, 0.6) is 17.2 Å². The molecule has 0 spiro atoms. The van der Waals surface area contributed by atoms with Crippen LogP contribution in [0.4, 0.5) is 5.69 Å². The van der Waals surface area contributed by atoms with Crippen LogP contribution in [0.15, 0.2) is 66.7 Å². The van der Waals surface area contributed by atoms with Gasteiger partial charge in [0.15, 0.2) is 0 Å². The van der Waals surface area contributed by atoms with Crippen molar-refractivity contribution in [3.8, 4) is 28.4 Å². The third-order valence-electron chi connectivity index (χ3n) is 5.51. The summed E-state index contributed by atoms with van der Waals surface area (Å²) in [6.45, 7) is 0. The van der Waals surface area contributed by atoms with Crippen molar-refractivity contribution in [2.75, 3.05) is 5.32 Å². The second-order valence-corrected chi connectivity index (χ2v) is 7.70. The normalized spacial score (nSPS) is 14.3. The first-order valence-corrected chi connectivity index (χ1v) is 10.4. The highest BCUT2D eigenvalue weighted by atomic mass is 16.5. The largest absolute Gasteiger partial charge is 0.508 e. The summed E-state index contributed by atoms with van der Waals surface area (Å²) in [5.74, 6) is 1.08. The van der Waals surface area contributed by atoms with Gasteiger partial charge < -0.3 is 20.9 Å². The number of phenolic OH excluding ortho intramolecular Hbond substituents is 1. The first-order chi connectivity index (χ1) is 14.6. The maximum Gasteiger partial charge on any atom is 0.250 e. The van der Waals surface area contributed by atoms with Crippen molar-refractivity contribution < 1.29 is 14.6 Å². The van der Waals surface area contributed by atoms with E-state index in [-0.39, 0.29) is 5.75 Å². The Kier molecular flexibility index (Phi) is 5.89. The number of anilines is 1. The lowest BCUT2D eigenvalue weighted by atomic mass is 9.94. The molecule has 1 aliphatic rings. The molecule has 1 saturated carbocycles. The van der Waals surface area contributed by atoms with Crippen molar-refractivity contribution in [1.29, 1.82) is 0 Å². The van der Waals surface area contributed by atoms with Crippen molar-refractivity contribution in [2.24, 2.45) is 5.73 Å². The number of aromatic hydroxyl groups is 1. The summed E-state index contributed by atoms with van der Waals surface area (Å²) in [5.41, 5.74) is 8.75. The zero-order chi connectivity index (χ0) is 20.9. The summed E-state index contributed by atoms with van der Waals surface area (Å²) in [6.07, 6.45) is 5.87. The van der Waals surface area contributed by atoms with E-state index in [1.807, 2.05) is 36.4 Å². The molecule has 1 amide bonds. The molecule has 0 heterocycles. The van der Waals surface area contributed by atoms with Gasteiger partial charge in [-0.25, -0.2) is 0 Å². The second kappa shape index (κ2) is 8.91. The van der Waals surface area contributed by atoms with Crippen LogP contribution in [0.25, 0.3) is 11.1 Å². The van der Waals surface area contributed by atoms with Crippen LogP contribution in [0, 0.1) is 0 Å². The average Bonchev–Trinajstić information content (AvgIpc) is 2.76. The van der Waals surface area contributed by atoms with Gasteiger partial charge in [-0.15, -0.1) is 0 Å². The van der Waals surface area contributed by atoms with Gasteiger partial charge in [-0.3, -0.25) is 4.79 Å². The molecule has 1 aliphatic carbocycles. The summed E-state index contributed by atoms with van der Waals surface area (Å²) >= 11 is 0. The van der Waals surface area contributed by atoms with Gasteiger partial charge in [0.25, 0.3) is 5.91 Å². The molecular weight excluding hydrogens is 376 g/mol. The van der Waals surface area contributed by atoms with E-state index in [0.717, 1.165) is 29.7 Å². The van der Waals surface area contributed by atoms with E-state index in [0.29, 0.717) is 23.1 Å². The van der Waals surface area contributed by atoms with E-state index < -0.39 is 5.91 Å². The topological polar surface area (TPSA) is 84.6 Å². The summed E-state index contributed by atoms with van der Waals surface area (Å²) in [4.78, 5) is 12.0. The van der Waals surface area contributed by atoms with Gasteiger partial charge in [0.1, 0.15) is 17.2 Å². The molecule has 0 bridgehead atoms. The number of phenols is 1. The Labute approximate surface area is 176 Å². The monoisotopic (exact) mass is 402 g/mol. The number of carbonyl (C=O) groups is 1. The highest BCUT2D eigenvalue weighted by Crippen LogP contribution is 2.36. The van der Waals surface area contributed by atoms with Crippen molar-refractivity contribution >= 4 is 11.6 Å². The minimum Gasteiger partial charge on any atom is -0.508 e. The third kappa shape index (κ3) is 4.57. The number of carbonyl (C=O) groups excluding carboxylic acids is 1. The fourth-order valence-corrected chi connectivity index (χ4v) is 3.95. The molecule has 4 N–H and O–H groups in total. The molecule has 0 unspecified atom stereocenters. The molecule has 0 aromatic heterocycles. The van der Waals surface area contributed by atoms with E-state index in [2.05, 4.69) is 5.32 Å². The average molecular weight is 402 g/mol. The Morgan fingerprint density at radius 3 is 2.43 bits per heavy atom. The molecule has 3 aromatic carbocycles. The molecule has 5 nitrogen and oxygen atoms in total. The number of rotatable bonds is 6. The van der Waals surface area contributed by atoms with Crippen molar-refractivity contribution in [1.82, 2.24) is 0 Å². The van der Waals surface area contributed by atoms with Crippen LogP contribution in [0.1, 0.15) is 42.5 Å². The van der Waals surface area contributed by atoms with Crippen molar-refractivity contribution in [2.45, 2.75) is 38.1 Å². The van der Waals surface area contributed by atoms with E-state index in [9.17, 15) is 9.90 Å². The van der Waals surface area contributed by atoms with Gasteiger partial charge in [-0.1, -0.05) is 43.5 Å². The lowest BCUT2D eigenvalue weighted by Gasteiger charge is -2.25. The number of amides is 1. The third-order valence-corrected chi connectivity index (χ3v) is 5.51. The van der Waals surface area contributed by atoms with Gasteiger partial charge in [-0.05, 0) is 60.9 Å². The molecular formula is C25H26N2O3. The maximum atomic E-state index is 12.0. The van der Waals surface area contributed by atoms with Crippen LogP contribution in [0.2, 0.25) is 0 Å². The van der Waals surface area contributed by atoms with Crippen molar-refractivity contribution in [3.05, 3.63) is 72.3 Å². The zero-order valence-corrected chi connectivity index (χ0v) is 16.8. The number of nitrogens with one attached hydrogen (secondary N) is 1. The molecule has 3 aromatic rings. The molecule has 4 rings (SSSR count). The van der Waals surface area contributed by atoms with Crippen LogP contribution in [-0.4, -0.2) is 17.1 Å². The van der Waals surface area contributed by atoms with Gasteiger partial charge >= 0.3 is 0 Å². The fourth-order valence-electron chi connectivity index (χ4n) is 3.95. The first kappa shape index (κ1) is 19.8. The van der Waals surface area contributed by atoms with Crippen molar-refractivity contribution in [3.63, 3.8) is 0 Å². The summed E-state index contributed by atoms with van der Waals surface area (Å²) in [7, 11) is 0. The molecule has 30 heavy (non-hydrogen) atoms. The lowest BCUT2D eigenvalue weighted by Crippen LogP contribution is -2.24. The molecule has 0 aliphatic heterocycles. The first-order valence-electron chi connectivity index (χ1n) is 10.4. The van der Waals surface area contributed by atoms with Gasteiger partial charge in [-0.2, -0.15) is 0 Å². The lowest BCUT2D eigenvalue weighted by molar-refractivity contribution is 0.100. The summed E-state index contributed by atoms with van der Waals surface area (Å²) < 4.78 is 6.06. The smallest absolute Gasteiger partial charge is 0.250 e. The Morgan fingerprint density at radius 1 is 0.967 bits per heavy atom. The van der Waals surface area contributed by atoms with Gasteiger partial charge in [0.05, 0.1) is 5.56 Å². The highest BCUT2D eigenvalue weighted by Gasteiger charge is 2.18. The number of nitrogens with two attached hydrogens (primary N) is 1. The van der Waals surface area contributed by atoms with Gasteiger partial charge in [0.2, 0.25) is 0 Å². The van der Waals surface area contributed by atoms with E-state index in [1.54, 1.807) is 30.3 Å². The predicted molar refractivity (Wildman–Crippen MR) is 119 cm³/mol. The summed E-state index contributed by atoms with van der Waals surface area (Å²) in [5, 5.41) is 13.0. The zero-order valence-electron chi connectivity index (χ0n) is 16.8. The molecule has 5 heteroatoms. The number of para-hydroxylation sites is 1. The predicted octanol–water partition coefficient (Wildman–Crippen LogP) is 5.70. The molecule has 0 saturated heterocycles. The van der Waals surface area contributed by atoms with E-state index >= 15 is 0 Å². The van der Waals surface area contributed by atoms with Crippen LogP contribution >= 0.6 is 0 Å². The Hall–Kier alpha value is -3.47. The number of primary amides is 1. The Bertz CT molecular complexity index is 1020. The van der Waals surface area contributed by atoms with Crippen LogP contribution in [-0.2, 0) is 0 Å². The summed E-state index contributed by atoms with van der Waals surface area (Å²) in [6, 6.07) is 20.4. The molecule has 154 valence electrons. The van der Waals surface area contributed by atoms with Crippen LogP contribution < -0.4 is 15.8 Å². The Morgan fingerprint density at radius 2 is 1.70 bits per heavy atom. The number of hydrogen-bond acceptors (Lipinski definition) is 4. The molecule has 0 radical (unpaired) electrons. The van der Waals surface area contributed by atoms with E-state index in [1.165, 1.54) is 19.3 Å². The minimum atomic E-state index is -0.437. The Balaban J connectivity index is 1.67. The maximum absolute atomic E-state index is 12.0. The van der Waals surface area contributed by atoms with Gasteiger partial charge in [0, 0.05) is 17.3 Å². The number of benzene rings is 3. The van der Waals surface area contributed by atoms with Crippen LogP contribution in [0.3, 0.4) is 0 Å². The number of ether oxygens (including phenoxy) is 1. The molecule has 0 atom stereocenters. The number of hydrogen-bond donors (Lipinski definition) is 3. The van der Waals surface area contributed by atoms with E-state index in [4.69, 9.17) is 10.5 Å². The minimum absolute atomic E-state index is 0.191. The standard InChI is InChI=1S/C25H26N2O3/c26-25(29)22-15-10-17(16-23(22)27-18-6-2-1-3-7-18)21-8-4-5-9-24(21)30-20-13-11-19(28)12-14-20/h4-5,8-16,18,27-28H,1-3,6-7H2,(H2,26,29). The fraction of sp³-hybridized carbons (Fsp3) is 0.240.